The molecule has 0 heterocycles. The van der Waals surface area contributed by atoms with Gasteiger partial charge in [-0.2, -0.15) is 0 Å². The molecule has 0 heteroatoms. The van der Waals surface area contributed by atoms with Gasteiger partial charge in [0.15, 0.2) is 0 Å². The molecule has 0 saturated carbocycles. The van der Waals surface area contributed by atoms with Crippen LogP contribution in [-0.4, -0.2) is 0 Å². The molecule has 1 aromatic carbocycles. The fourth-order valence-electron chi connectivity index (χ4n) is 1.55. The zero-order chi connectivity index (χ0) is 8.39. The second kappa shape index (κ2) is 5.43. The molecule has 0 aromatic heterocycles. The van der Waals surface area contributed by atoms with Crippen molar-refractivity contribution < 1.29 is 0 Å². The summed E-state index contributed by atoms with van der Waals surface area (Å²) in [5.41, 5.74) is 4.09. The first-order valence-electron chi connectivity index (χ1n) is 4.30. The molecule has 0 fully saturated rings. The fraction of sp³-hybridized carbons (Fsp3) is 0.286. The van der Waals surface area contributed by atoms with Gasteiger partial charge in [-0.1, -0.05) is 57.3 Å². The molecule has 0 amide bonds. The smallest absolute Gasteiger partial charge is 0.0158 e. The van der Waals surface area contributed by atoms with E-state index >= 15 is 0 Å². The first-order chi connectivity index (χ1) is 5.88. The van der Waals surface area contributed by atoms with E-state index in [1.165, 1.54) is 16.7 Å². The molecule has 0 radical (unpaired) electrons. The first kappa shape index (κ1) is 12.7. The second-order valence-corrected chi connectivity index (χ2v) is 3.11. The minimum atomic E-state index is 0. The summed E-state index contributed by atoms with van der Waals surface area (Å²) in [6, 6.07) is 8.52. The van der Waals surface area contributed by atoms with Gasteiger partial charge in [-0.05, 0) is 30.0 Å². The largest absolute Gasteiger partial charge is 0.0801 e. The van der Waals surface area contributed by atoms with Crippen molar-refractivity contribution in [2.24, 2.45) is 0 Å². The summed E-state index contributed by atoms with van der Waals surface area (Å²) in [6.45, 7) is 2.17. The Balaban J connectivity index is 0.000000845. The Morgan fingerprint density at radius 3 is 2.57 bits per heavy atom. The van der Waals surface area contributed by atoms with E-state index in [0.717, 1.165) is 6.42 Å². The quantitative estimate of drug-likeness (QED) is 0.549. The molecule has 0 saturated heterocycles. The molecule has 0 aliphatic heterocycles. The van der Waals surface area contributed by atoms with Crippen LogP contribution >= 0.6 is 0 Å². The zero-order valence-corrected chi connectivity index (χ0v) is 7.25. The van der Waals surface area contributed by atoms with E-state index in [4.69, 9.17) is 0 Å². The maximum absolute atomic E-state index is 2.27. The average molecular weight is 188 g/mol. The van der Waals surface area contributed by atoms with Gasteiger partial charge < -0.3 is 0 Å². The van der Waals surface area contributed by atoms with Gasteiger partial charge in [-0.25, -0.2) is 0 Å². The molecule has 0 N–H and O–H groups in total. The summed E-state index contributed by atoms with van der Waals surface area (Å²) in [7, 11) is 0. The number of hydrogen-bond acceptors (Lipinski definition) is 0. The van der Waals surface area contributed by atoms with Gasteiger partial charge >= 0.3 is 0 Å². The van der Waals surface area contributed by atoms with Crippen LogP contribution in [0.15, 0.2) is 36.4 Å². The molecular weight excluding hydrogens is 168 g/mol. The monoisotopic (exact) mass is 188 g/mol. The summed E-state index contributed by atoms with van der Waals surface area (Å²) < 4.78 is 0. The number of hydrogen-bond donors (Lipinski definition) is 0. The normalized spacial score (nSPS) is 12.8. The van der Waals surface area contributed by atoms with Crippen molar-refractivity contribution in [1.82, 2.24) is 0 Å². The maximum atomic E-state index is 2.27. The van der Waals surface area contributed by atoms with Crippen LogP contribution in [0.25, 0.3) is 11.6 Å². The van der Waals surface area contributed by atoms with Crippen molar-refractivity contribution in [3.8, 4) is 0 Å². The van der Waals surface area contributed by atoms with Crippen LogP contribution < -0.4 is 0 Å². The Kier molecular flexibility index (Phi) is 4.93. The summed E-state index contributed by atoms with van der Waals surface area (Å²) in [5, 5.41) is 0. The highest BCUT2D eigenvalue weighted by molar-refractivity contribution is 5.74. The molecule has 1 aromatic rings. The molecule has 0 nitrogen and oxygen atoms in total. The van der Waals surface area contributed by atoms with Crippen molar-refractivity contribution in [3.63, 3.8) is 0 Å². The summed E-state index contributed by atoms with van der Waals surface area (Å²) >= 11 is 0. The lowest BCUT2D eigenvalue weighted by molar-refractivity contribution is 1.41. The number of benzene rings is 1. The van der Waals surface area contributed by atoms with E-state index in [9.17, 15) is 0 Å². The van der Waals surface area contributed by atoms with Crippen LogP contribution in [0.3, 0.4) is 0 Å². The third kappa shape index (κ3) is 2.35. The summed E-state index contributed by atoms with van der Waals surface area (Å²) in [6.07, 6.45) is 7.72. The number of allylic oxidation sites excluding steroid dienone is 3. The Labute approximate surface area is 88.0 Å². The van der Waals surface area contributed by atoms with Crippen LogP contribution in [-0.2, 0) is 0 Å². The number of rotatable bonds is 0. The third-order valence-electron chi connectivity index (χ3n) is 2.24. The van der Waals surface area contributed by atoms with Crippen molar-refractivity contribution in [2.45, 2.75) is 28.2 Å². The third-order valence-corrected chi connectivity index (χ3v) is 2.24. The van der Waals surface area contributed by atoms with Gasteiger partial charge in [0, 0.05) is 0 Å². The predicted molar refractivity (Wildman–Crippen MR) is 67.2 cm³/mol. The molecule has 1 aliphatic carbocycles. The highest BCUT2D eigenvalue weighted by Crippen LogP contribution is 2.23. The van der Waals surface area contributed by atoms with Crippen molar-refractivity contribution >= 4 is 11.6 Å². The van der Waals surface area contributed by atoms with E-state index in [-0.39, 0.29) is 14.9 Å². The molecule has 0 atom stereocenters. The van der Waals surface area contributed by atoms with E-state index < -0.39 is 0 Å². The Morgan fingerprint density at radius 1 is 1.07 bits per heavy atom. The van der Waals surface area contributed by atoms with Crippen molar-refractivity contribution in [3.05, 3.63) is 47.5 Å². The summed E-state index contributed by atoms with van der Waals surface area (Å²) in [5.74, 6) is 0. The Hall–Kier alpha value is -1.30. The lowest BCUT2D eigenvalue weighted by atomic mass is 10.0. The average Bonchev–Trinajstić information content (AvgIpc) is 2.29. The topological polar surface area (TPSA) is 0 Å². The standard InChI is InChI=1S/C12H12.2CH4/c1-10-6-2-3-7-11-8-4-5-9-12(10)11;;/h3-9H,2H2,1H3;2*1H4. The van der Waals surface area contributed by atoms with Crippen LogP contribution in [0.5, 0.6) is 0 Å². The highest BCUT2D eigenvalue weighted by Gasteiger charge is 2.01. The molecular formula is C14H20. The first-order valence-corrected chi connectivity index (χ1v) is 4.30. The van der Waals surface area contributed by atoms with Crippen LogP contribution in [0.2, 0.25) is 0 Å². The molecule has 2 rings (SSSR count). The van der Waals surface area contributed by atoms with E-state index in [0.29, 0.717) is 0 Å². The SMILES string of the molecule is C.C.CC1=CCC=Cc2ccccc21. The van der Waals surface area contributed by atoms with Gasteiger partial charge in [-0.15, -0.1) is 0 Å². The van der Waals surface area contributed by atoms with E-state index in [2.05, 4.69) is 49.4 Å². The predicted octanol–water partition coefficient (Wildman–Crippen LogP) is 4.78. The second-order valence-electron chi connectivity index (χ2n) is 3.11. The van der Waals surface area contributed by atoms with Gasteiger partial charge in [0.25, 0.3) is 0 Å². The fourth-order valence-corrected chi connectivity index (χ4v) is 1.55. The molecule has 0 bridgehead atoms. The molecule has 14 heavy (non-hydrogen) atoms. The minimum Gasteiger partial charge on any atom is -0.0801 e. The van der Waals surface area contributed by atoms with Gasteiger partial charge in [0.05, 0.1) is 0 Å². The number of fused-ring (bicyclic) bond motifs is 1. The molecule has 0 unspecified atom stereocenters. The Bertz CT molecular complexity index is 343. The zero-order valence-electron chi connectivity index (χ0n) is 7.25. The van der Waals surface area contributed by atoms with Crippen LogP contribution in [0.1, 0.15) is 39.3 Å². The lowest BCUT2D eigenvalue weighted by Gasteiger charge is -2.03. The highest BCUT2D eigenvalue weighted by atomic mass is 14.1. The van der Waals surface area contributed by atoms with Crippen LogP contribution in [0, 0.1) is 0 Å². The van der Waals surface area contributed by atoms with Crippen molar-refractivity contribution in [2.75, 3.05) is 0 Å². The van der Waals surface area contributed by atoms with Crippen molar-refractivity contribution in [1.29, 1.82) is 0 Å². The van der Waals surface area contributed by atoms with Crippen LogP contribution in [0.4, 0.5) is 0 Å². The molecule has 1 aliphatic rings. The molecule has 0 spiro atoms. The van der Waals surface area contributed by atoms with E-state index in [1.807, 2.05) is 0 Å². The maximum Gasteiger partial charge on any atom is -0.0158 e. The minimum absolute atomic E-state index is 0. The summed E-state index contributed by atoms with van der Waals surface area (Å²) in [4.78, 5) is 0. The van der Waals surface area contributed by atoms with Gasteiger partial charge in [-0.3, -0.25) is 0 Å². The van der Waals surface area contributed by atoms with Gasteiger partial charge in [0.2, 0.25) is 0 Å². The molecule has 76 valence electrons. The van der Waals surface area contributed by atoms with E-state index in [1.54, 1.807) is 0 Å². The Morgan fingerprint density at radius 2 is 1.79 bits per heavy atom. The van der Waals surface area contributed by atoms with Gasteiger partial charge in [0.1, 0.15) is 0 Å². The lowest BCUT2D eigenvalue weighted by Crippen LogP contribution is -1.82.